The highest BCUT2D eigenvalue weighted by Crippen LogP contribution is 2.65. The van der Waals surface area contributed by atoms with Crippen LogP contribution in [-0.2, 0) is 29.0 Å². The zero-order valence-electron chi connectivity index (χ0n) is 29.0. The molecule has 3 unspecified atom stereocenters. The summed E-state index contributed by atoms with van der Waals surface area (Å²) in [6.45, 7) is 17.2. The number of aryl methyl sites for hydroxylation is 1. The topological polar surface area (TPSA) is 171 Å². The molecule has 3 fully saturated rings. The van der Waals surface area contributed by atoms with Crippen molar-refractivity contribution in [2.24, 2.45) is 28.6 Å². The fourth-order valence-corrected chi connectivity index (χ4v) is 7.58. The molecule has 260 valence electrons. The summed E-state index contributed by atoms with van der Waals surface area (Å²) in [6, 6.07) is 2.64. The van der Waals surface area contributed by atoms with E-state index in [1.807, 2.05) is 62.3 Å². The van der Waals surface area contributed by atoms with Crippen LogP contribution < -0.4 is 21.3 Å². The molecule has 47 heavy (non-hydrogen) atoms. The summed E-state index contributed by atoms with van der Waals surface area (Å²) in [5, 5.41) is 10.7. The Morgan fingerprint density at radius 2 is 1.55 bits per heavy atom. The molecule has 0 aromatic heterocycles. The molecular formula is C34H51N5O7S. The van der Waals surface area contributed by atoms with Crippen molar-refractivity contribution in [2.75, 3.05) is 12.4 Å². The van der Waals surface area contributed by atoms with Crippen molar-refractivity contribution in [3.8, 4) is 0 Å². The number of hydrogen-bond donors (Lipinski definition) is 4. The lowest BCUT2D eigenvalue weighted by atomic mass is 9.85. The molecule has 5 atom stereocenters. The van der Waals surface area contributed by atoms with Gasteiger partial charge in [0, 0.05) is 12.1 Å². The number of nitrogens with zero attached hydrogens (tertiary/aromatic N) is 1. The Kier molecular flexibility index (Phi) is 9.94. The molecule has 0 bridgehead atoms. The van der Waals surface area contributed by atoms with E-state index in [9.17, 15) is 32.4 Å². The van der Waals surface area contributed by atoms with Gasteiger partial charge in [0.25, 0.3) is 5.91 Å². The van der Waals surface area contributed by atoms with Crippen LogP contribution in [0.15, 0.2) is 29.2 Å². The van der Waals surface area contributed by atoms with Gasteiger partial charge in [-0.05, 0) is 74.8 Å². The molecule has 5 amide bonds. The second kappa shape index (κ2) is 12.9. The highest BCUT2D eigenvalue weighted by atomic mass is 32.2. The summed E-state index contributed by atoms with van der Waals surface area (Å²) < 4.78 is 25.6. The van der Waals surface area contributed by atoms with E-state index in [2.05, 4.69) is 21.3 Å². The molecule has 4 N–H and O–H groups in total. The van der Waals surface area contributed by atoms with Gasteiger partial charge in [-0.3, -0.25) is 19.2 Å². The van der Waals surface area contributed by atoms with E-state index in [1.165, 1.54) is 17.0 Å². The Balaban J connectivity index is 1.50. The number of carbonyl (C=O) groups excluding carboxylic acids is 5. The largest absolute Gasteiger partial charge is 0.344 e. The average Bonchev–Trinajstić information content (AvgIpc) is 3.79. The third kappa shape index (κ3) is 8.52. The first-order chi connectivity index (χ1) is 21.5. The lowest BCUT2D eigenvalue weighted by Crippen LogP contribution is -2.62. The van der Waals surface area contributed by atoms with Crippen LogP contribution in [0.25, 0.3) is 0 Å². The van der Waals surface area contributed by atoms with E-state index in [4.69, 9.17) is 0 Å². The minimum absolute atomic E-state index is 0.0187. The zero-order valence-corrected chi connectivity index (χ0v) is 29.8. The van der Waals surface area contributed by atoms with Crippen LogP contribution in [0.3, 0.4) is 0 Å². The number of hydrogen-bond acceptors (Lipinski definition) is 7. The van der Waals surface area contributed by atoms with E-state index in [0.29, 0.717) is 6.54 Å². The predicted molar refractivity (Wildman–Crippen MR) is 177 cm³/mol. The minimum atomic E-state index is -3.90. The highest BCUT2D eigenvalue weighted by Gasteiger charge is 2.70. The van der Waals surface area contributed by atoms with Crippen LogP contribution in [0, 0.1) is 35.5 Å². The lowest BCUT2D eigenvalue weighted by Gasteiger charge is -2.38. The summed E-state index contributed by atoms with van der Waals surface area (Å²) in [7, 11) is -3.90. The van der Waals surface area contributed by atoms with Crippen molar-refractivity contribution in [1.82, 2.24) is 26.2 Å². The summed E-state index contributed by atoms with van der Waals surface area (Å²) in [4.78, 5) is 68.9. The maximum atomic E-state index is 14.1. The molecule has 12 nitrogen and oxygen atoms in total. The molecule has 1 aliphatic heterocycles. The van der Waals surface area contributed by atoms with Crippen molar-refractivity contribution >= 4 is 39.4 Å². The fourth-order valence-electron chi connectivity index (χ4n) is 6.55. The number of piperidine rings is 1. The smallest absolute Gasteiger partial charge is 0.315 e. The van der Waals surface area contributed by atoms with Crippen LogP contribution in [0.4, 0.5) is 4.79 Å². The standard InChI is InChI=1S/C34H51N5O7S/c1-19-10-14-21(15-11-19)47(45,46)18-35-29(42)26(40)23(16-20-12-13-20)36-28(41)25-24-22(34(24,8)9)17-39(25)30(43)27(32(2,3)4)37-31(44)38-33(5,6)7/h10-11,14-15,20,22-25,27H,12-13,16-18H2,1-9H3,(H,35,42)(H,36,41)(H2,37,38,44)/t22?,23?,24?,25-,27+/m0/s1. The normalized spacial score (nSPS) is 23.2. The first-order valence-electron chi connectivity index (χ1n) is 16.3. The van der Waals surface area contributed by atoms with Crippen molar-refractivity contribution in [3.63, 3.8) is 0 Å². The zero-order chi connectivity index (χ0) is 35.3. The third-order valence-corrected chi connectivity index (χ3v) is 11.1. The van der Waals surface area contributed by atoms with Crippen molar-refractivity contribution < 1.29 is 32.4 Å². The number of benzene rings is 1. The molecular weight excluding hydrogens is 622 g/mol. The second-order valence-electron chi connectivity index (χ2n) is 16.2. The van der Waals surface area contributed by atoms with Gasteiger partial charge in [-0.25, -0.2) is 13.2 Å². The van der Waals surface area contributed by atoms with Crippen molar-refractivity contribution in [2.45, 2.75) is 110 Å². The maximum Gasteiger partial charge on any atom is 0.315 e. The van der Waals surface area contributed by atoms with Gasteiger partial charge in [-0.15, -0.1) is 0 Å². The van der Waals surface area contributed by atoms with Gasteiger partial charge in [0.05, 0.1) is 10.9 Å². The lowest BCUT2D eigenvalue weighted by molar-refractivity contribution is -0.145. The fraction of sp³-hybridized carbons (Fsp3) is 0.676. The monoisotopic (exact) mass is 673 g/mol. The summed E-state index contributed by atoms with van der Waals surface area (Å²) >= 11 is 0. The number of rotatable bonds is 11. The Labute approximate surface area is 278 Å². The highest BCUT2D eigenvalue weighted by molar-refractivity contribution is 7.91. The van der Waals surface area contributed by atoms with Crippen LogP contribution in [0.5, 0.6) is 0 Å². The number of sulfone groups is 1. The van der Waals surface area contributed by atoms with Crippen molar-refractivity contribution in [1.29, 1.82) is 0 Å². The first kappa shape index (κ1) is 36.4. The third-order valence-electron chi connectivity index (χ3n) is 9.56. The summed E-state index contributed by atoms with van der Waals surface area (Å²) in [6.07, 6.45) is 1.94. The maximum absolute atomic E-state index is 14.1. The molecule has 1 aromatic rings. The van der Waals surface area contributed by atoms with Gasteiger partial charge in [0.1, 0.15) is 18.0 Å². The summed E-state index contributed by atoms with van der Waals surface area (Å²) in [5.74, 6) is -3.69. The van der Waals surface area contributed by atoms with Gasteiger partial charge in [0.15, 0.2) is 9.84 Å². The molecule has 3 aliphatic rings. The minimum Gasteiger partial charge on any atom is -0.344 e. The molecule has 4 rings (SSSR count). The number of Topliss-reactive ketones (excluding diaryl/α,β-unsaturated/α-hetero) is 1. The Hall–Kier alpha value is -3.48. The number of carbonyl (C=O) groups is 5. The second-order valence-corrected chi connectivity index (χ2v) is 18.2. The molecule has 1 saturated heterocycles. The van der Waals surface area contributed by atoms with Gasteiger partial charge in [-0.1, -0.05) is 65.2 Å². The van der Waals surface area contributed by atoms with E-state index < -0.39 is 74.3 Å². The van der Waals surface area contributed by atoms with Gasteiger partial charge >= 0.3 is 6.03 Å². The Morgan fingerprint density at radius 3 is 2.09 bits per heavy atom. The summed E-state index contributed by atoms with van der Waals surface area (Å²) in [5.41, 5.74) is -0.555. The number of amides is 5. The van der Waals surface area contributed by atoms with Gasteiger partial charge in [-0.2, -0.15) is 0 Å². The van der Waals surface area contributed by atoms with Crippen LogP contribution >= 0.6 is 0 Å². The van der Waals surface area contributed by atoms with Gasteiger partial charge < -0.3 is 26.2 Å². The Morgan fingerprint density at radius 1 is 0.957 bits per heavy atom. The van der Waals surface area contributed by atoms with Crippen molar-refractivity contribution in [3.05, 3.63) is 29.8 Å². The van der Waals surface area contributed by atoms with E-state index in [-0.39, 0.29) is 34.5 Å². The number of likely N-dealkylation sites (tertiary alicyclic amines) is 1. The van der Waals surface area contributed by atoms with Crippen LogP contribution in [0.2, 0.25) is 0 Å². The molecule has 1 aromatic carbocycles. The average molecular weight is 674 g/mol. The number of fused-ring (bicyclic) bond motifs is 1. The molecule has 13 heteroatoms. The van der Waals surface area contributed by atoms with Crippen LogP contribution in [-0.4, -0.2) is 78.9 Å². The first-order valence-corrected chi connectivity index (χ1v) is 18.0. The quantitative estimate of drug-likeness (QED) is 0.262. The van der Waals surface area contributed by atoms with E-state index in [1.54, 1.807) is 12.1 Å². The predicted octanol–water partition coefficient (Wildman–Crippen LogP) is 2.69. The SMILES string of the molecule is Cc1ccc(S(=O)(=O)CNC(=O)C(=O)C(CC2CC2)NC(=O)[C@@H]2C3C(CN2C(=O)[C@@H](NC(=O)NC(C)(C)C)C(C)(C)C)C3(C)C)cc1. The van der Waals surface area contributed by atoms with Gasteiger partial charge in [0.2, 0.25) is 17.6 Å². The van der Waals surface area contributed by atoms with Crippen LogP contribution in [0.1, 0.15) is 80.2 Å². The Bertz CT molecular complexity index is 1520. The molecule has 0 spiro atoms. The number of ketones is 1. The van der Waals surface area contributed by atoms with E-state index >= 15 is 0 Å². The van der Waals surface area contributed by atoms with E-state index in [0.717, 1.165) is 18.4 Å². The molecule has 1 heterocycles. The molecule has 2 aliphatic carbocycles. The molecule has 0 radical (unpaired) electrons. The number of urea groups is 1. The number of nitrogens with one attached hydrogen (secondary N) is 4. The molecule has 2 saturated carbocycles.